The van der Waals surface area contributed by atoms with E-state index in [1.807, 2.05) is 0 Å². The number of benzene rings is 2. The second-order valence-electron chi connectivity index (χ2n) is 3.25. The molecule has 0 aromatic heterocycles. The fraction of sp³-hybridized carbons (Fsp3) is 0.0714. The number of hydrogen-bond acceptors (Lipinski definition) is 2. The number of nitrogens with one attached hydrogen (secondary N) is 1. The van der Waals surface area contributed by atoms with Crippen molar-refractivity contribution in [1.29, 1.82) is 5.41 Å². The lowest BCUT2D eigenvalue weighted by Gasteiger charge is -2.00. The Morgan fingerprint density at radius 1 is 0.812 bits per heavy atom. The lowest BCUT2D eigenvalue weighted by atomic mass is 10.1. The molecule has 2 aromatic carbocycles. The van der Waals surface area contributed by atoms with Crippen molar-refractivity contribution in [3.8, 4) is 0 Å². The summed E-state index contributed by atoms with van der Waals surface area (Å²) < 4.78 is 0. The monoisotopic (exact) mass is 211 g/mol. The molecule has 0 radical (unpaired) electrons. The summed E-state index contributed by atoms with van der Waals surface area (Å²) >= 11 is 0. The van der Waals surface area contributed by atoms with Gasteiger partial charge in [-0.1, -0.05) is 60.7 Å². The first kappa shape index (κ1) is 11.9. The van der Waals surface area contributed by atoms with Gasteiger partial charge in [0.25, 0.3) is 0 Å². The average molecular weight is 211 g/mol. The number of rotatable bonds is 2. The Morgan fingerprint density at radius 2 is 1.12 bits per heavy atom. The molecular formula is C14H13NO. The van der Waals surface area contributed by atoms with Crippen molar-refractivity contribution in [2.75, 3.05) is 0 Å². The van der Waals surface area contributed by atoms with E-state index in [1.165, 1.54) is 11.1 Å². The van der Waals surface area contributed by atoms with Gasteiger partial charge in [0.2, 0.25) is 6.08 Å². The fourth-order valence-corrected chi connectivity index (χ4v) is 1.43. The highest BCUT2D eigenvalue weighted by Gasteiger charge is 1.92. The van der Waals surface area contributed by atoms with Gasteiger partial charge in [-0.25, -0.2) is 10.2 Å². The molecule has 0 aliphatic carbocycles. The third kappa shape index (κ3) is 4.36. The minimum atomic E-state index is 0.750. The maximum Gasteiger partial charge on any atom is 0.231 e. The van der Waals surface area contributed by atoms with Crippen molar-refractivity contribution in [3.63, 3.8) is 0 Å². The van der Waals surface area contributed by atoms with Crippen molar-refractivity contribution >= 4 is 6.08 Å². The first-order chi connectivity index (χ1) is 7.86. The van der Waals surface area contributed by atoms with Gasteiger partial charge in [-0.05, 0) is 17.5 Å². The van der Waals surface area contributed by atoms with E-state index in [2.05, 4.69) is 60.7 Å². The fourth-order valence-electron chi connectivity index (χ4n) is 1.43. The van der Waals surface area contributed by atoms with Crippen molar-refractivity contribution < 1.29 is 4.79 Å². The Balaban J connectivity index is 0.000000386. The third-order valence-corrected chi connectivity index (χ3v) is 2.09. The largest absolute Gasteiger partial charge is 0.231 e. The predicted molar refractivity (Wildman–Crippen MR) is 64.1 cm³/mol. The van der Waals surface area contributed by atoms with E-state index >= 15 is 0 Å². The molecular weight excluding hydrogens is 198 g/mol. The molecule has 2 aromatic rings. The molecule has 0 unspecified atom stereocenters. The molecule has 2 rings (SSSR count). The van der Waals surface area contributed by atoms with Crippen LogP contribution < -0.4 is 0 Å². The SMILES string of the molecule is N=C=O.c1ccc(Cc2ccccc2)cc1. The van der Waals surface area contributed by atoms with Gasteiger partial charge in [-0.15, -0.1) is 0 Å². The normalized spacial score (nSPS) is 8.50. The summed E-state index contributed by atoms with van der Waals surface area (Å²) in [7, 11) is 0. The van der Waals surface area contributed by atoms with E-state index in [0.717, 1.165) is 12.5 Å². The van der Waals surface area contributed by atoms with Crippen LogP contribution in [-0.4, -0.2) is 6.08 Å². The van der Waals surface area contributed by atoms with Crippen molar-refractivity contribution in [1.82, 2.24) is 0 Å². The maximum atomic E-state index is 8.35. The Labute approximate surface area is 95.1 Å². The van der Waals surface area contributed by atoms with E-state index in [0.29, 0.717) is 0 Å². The molecule has 0 atom stereocenters. The van der Waals surface area contributed by atoms with Gasteiger partial charge in [0.05, 0.1) is 0 Å². The Bertz CT molecular complexity index is 393. The van der Waals surface area contributed by atoms with Gasteiger partial charge in [-0.3, -0.25) is 0 Å². The van der Waals surface area contributed by atoms with Crippen LogP contribution in [0.2, 0.25) is 0 Å². The van der Waals surface area contributed by atoms with Crippen LogP contribution in [0.25, 0.3) is 0 Å². The zero-order chi connectivity index (χ0) is 11.6. The highest BCUT2D eigenvalue weighted by atomic mass is 16.1. The van der Waals surface area contributed by atoms with Crippen LogP contribution in [0.15, 0.2) is 60.7 Å². The van der Waals surface area contributed by atoms with Crippen molar-refractivity contribution in [2.24, 2.45) is 0 Å². The summed E-state index contributed by atoms with van der Waals surface area (Å²) in [5.41, 5.74) is 2.74. The minimum Gasteiger partial charge on any atom is -0.222 e. The van der Waals surface area contributed by atoms with Gasteiger partial charge < -0.3 is 0 Å². The molecule has 0 aliphatic heterocycles. The van der Waals surface area contributed by atoms with E-state index < -0.39 is 0 Å². The maximum absolute atomic E-state index is 8.35. The summed E-state index contributed by atoms with van der Waals surface area (Å²) in [4.78, 5) is 8.35. The summed E-state index contributed by atoms with van der Waals surface area (Å²) in [5.74, 6) is 0. The van der Waals surface area contributed by atoms with Crippen LogP contribution in [0.5, 0.6) is 0 Å². The number of hydrogen-bond donors (Lipinski definition) is 1. The van der Waals surface area contributed by atoms with Crippen LogP contribution >= 0.6 is 0 Å². The summed E-state index contributed by atoms with van der Waals surface area (Å²) in [6.45, 7) is 0. The predicted octanol–water partition coefficient (Wildman–Crippen LogP) is 3.18. The van der Waals surface area contributed by atoms with Crippen molar-refractivity contribution in [2.45, 2.75) is 6.42 Å². The van der Waals surface area contributed by atoms with Crippen LogP contribution in [-0.2, 0) is 11.2 Å². The first-order valence-electron chi connectivity index (χ1n) is 4.98. The topological polar surface area (TPSA) is 40.9 Å². The smallest absolute Gasteiger partial charge is 0.222 e. The third-order valence-electron chi connectivity index (χ3n) is 2.09. The molecule has 0 aliphatic rings. The van der Waals surface area contributed by atoms with Gasteiger partial charge in [0, 0.05) is 0 Å². The van der Waals surface area contributed by atoms with Crippen LogP contribution in [0, 0.1) is 5.41 Å². The second kappa shape index (κ2) is 7.16. The zero-order valence-corrected chi connectivity index (χ0v) is 8.89. The van der Waals surface area contributed by atoms with Crippen LogP contribution in [0.3, 0.4) is 0 Å². The van der Waals surface area contributed by atoms with Crippen molar-refractivity contribution in [3.05, 3.63) is 71.8 Å². The van der Waals surface area contributed by atoms with Gasteiger partial charge in [0.15, 0.2) is 0 Å². The number of carbonyl (C=O) groups excluding carboxylic acids is 1. The molecule has 1 N–H and O–H groups in total. The molecule has 0 saturated heterocycles. The molecule has 0 heterocycles. The second-order valence-corrected chi connectivity index (χ2v) is 3.25. The lowest BCUT2D eigenvalue weighted by Crippen LogP contribution is -1.85. The molecule has 0 spiro atoms. The number of isocyanates is 1. The molecule has 80 valence electrons. The molecule has 0 fully saturated rings. The molecule has 0 saturated carbocycles. The lowest BCUT2D eigenvalue weighted by molar-refractivity contribution is 0.563. The molecule has 16 heavy (non-hydrogen) atoms. The highest BCUT2D eigenvalue weighted by molar-refractivity contribution is 5.26. The van der Waals surface area contributed by atoms with E-state index in [-0.39, 0.29) is 0 Å². The minimum absolute atomic E-state index is 0.750. The van der Waals surface area contributed by atoms with Gasteiger partial charge in [-0.2, -0.15) is 0 Å². The van der Waals surface area contributed by atoms with Gasteiger partial charge in [0.1, 0.15) is 0 Å². The molecule has 2 heteroatoms. The molecule has 0 amide bonds. The average Bonchev–Trinajstić information content (AvgIpc) is 2.33. The Morgan fingerprint density at radius 3 is 1.44 bits per heavy atom. The van der Waals surface area contributed by atoms with Crippen LogP contribution in [0.1, 0.15) is 11.1 Å². The summed E-state index contributed by atoms with van der Waals surface area (Å²) in [6, 6.07) is 21.1. The van der Waals surface area contributed by atoms with E-state index in [9.17, 15) is 0 Å². The summed E-state index contributed by atoms with van der Waals surface area (Å²) in [6.07, 6.45) is 1.78. The molecule has 0 bridgehead atoms. The Hall–Kier alpha value is -2.18. The zero-order valence-electron chi connectivity index (χ0n) is 8.89. The summed E-state index contributed by atoms with van der Waals surface area (Å²) in [5, 5.41) is 5.40. The standard InChI is InChI=1S/C13H12.CHNO/c1-3-7-12(8-4-1)11-13-9-5-2-6-10-13;2-1-3/h1-10H,11H2;2H. The van der Waals surface area contributed by atoms with E-state index in [1.54, 1.807) is 0 Å². The van der Waals surface area contributed by atoms with Crippen LogP contribution in [0.4, 0.5) is 0 Å². The Kier molecular flexibility index (Phi) is 5.32. The highest BCUT2D eigenvalue weighted by Crippen LogP contribution is 2.07. The molecule has 2 nitrogen and oxygen atoms in total. The first-order valence-corrected chi connectivity index (χ1v) is 4.98. The van der Waals surface area contributed by atoms with Gasteiger partial charge >= 0.3 is 0 Å². The van der Waals surface area contributed by atoms with E-state index in [4.69, 9.17) is 10.2 Å². The quantitative estimate of drug-likeness (QED) is 0.601.